The van der Waals surface area contributed by atoms with Crippen LogP contribution in [0.2, 0.25) is 5.02 Å². The maximum atomic E-state index is 14.3. The molecule has 2 fully saturated rings. The van der Waals surface area contributed by atoms with Gasteiger partial charge < -0.3 is 0 Å². The van der Waals surface area contributed by atoms with Gasteiger partial charge in [0.15, 0.2) is 15.8 Å². The molecular formula is C31H34ClF2N3O2S. The summed E-state index contributed by atoms with van der Waals surface area (Å²) in [5, 5.41) is 9.10. The number of rotatable bonds is 10. The van der Waals surface area contributed by atoms with Crippen LogP contribution in [0.15, 0.2) is 42.5 Å². The van der Waals surface area contributed by atoms with E-state index in [9.17, 15) is 18.4 Å². The smallest absolute Gasteiger partial charge is 0.194 e. The van der Waals surface area contributed by atoms with Gasteiger partial charge in [0, 0.05) is 60.5 Å². The molecule has 1 saturated heterocycles. The fourth-order valence-corrected chi connectivity index (χ4v) is 7.31. The van der Waals surface area contributed by atoms with Crippen molar-refractivity contribution in [2.45, 2.75) is 76.7 Å². The monoisotopic (exact) mass is 585 g/mol. The predicted octanol–water partition coefficient (Wildman–Crippen LogP) is 7.67. The molecule has 0 spiro atoms. The molecule has 2 heterocycles. The lowest BCUT2D eigenvalue weighted by Gasteiger charge is -2.54. The molecule has 0 N–H and O–H groups in total. The van der Waals surface area contributed by atoms with Crippen LogP contribution in [0.1, 0.15) is 80.6 Å². The van der Waals surface area contributed by atoms with Gasteiger partial charge in [-0.3, -0.25) is 14.5 Å². The Hall–Kier alpha value is -2.55. The highest BCUT2D eigenvalue weighted by Crippen LogP contribution is 2.44. The highest BCUT2D eigenvalue weighted by molar-refractivity contribution is 7.16. The molecular weight excluding hydrogens is 552 g/mol. The van der Waals surface area contributed by atoms with Crippen LogP contribution in [-0.4, -0.2) is 45.8 Å². The quantitative estimate of drug-likeness (QED) is 0.228. The second-order valence-corrected chi connectivity index (χ2v) is 13.5. The molecule has 0 atom stereocenters. The first kappa shape index (κ1) is 29.0. The zero-order chi connectivity index (χ0) is 28.5. The van der Waals surface area contributed by atoms with Crippen LogP contribution in [0.5, 0.6) is 0 Å². The molecule has 5 nitrogen and oxygen atoms in total. The van der Waals surface area contributed by atoms with Crippen molar-refractivity contribution < 1.29 is 18.4 Å². The SMILES string of the molecule is CC(C)(CC(=O)CC1(CC(=O)c2nnc(-c3ccc(F)cc3F)s2)CN(C2CCCCC2)C1)c1cccc(Cl)c1. The third kappa shape index (κ3) is 6.50. The number of Topliss-reactive ketones (excluding diaryl/α,β-unsaturated/α-hetero) is 2. The molecule has 0 unspecified atom stereocenters. The van der Waals surface area contributed by atoms with Gasteiger partial charge in [-0.05, 0) is 48.1 Å². The maximum Gasteiger partial charge on any atom is 0.194 e. The zero-order valence-electron chi connectivity index (χ0n) is 22.9. The molecule has 1 aliphatic heterocycles. The van der Waals surface area contributed by atoms with Gasteiger partial charge in [0.2, 0.25) is 0 Å². The van der Waals surface area contributed by atoms with Gasteiger partial charge in [-0.1, -0.05) is 68.2 Å². The topological polar surface area (TPSA) is 63.2 Å². The van der Waals surface area contributed by atoms with Crippen molar-refractivity contribution in [3.8, 4) is 10.6 Å². The summed E-state index contributed by atoms with van der Waals surface area (Å²) in [6, 6.07) is 11.4. The summed E-state index contributed by atoms with van der Waals surface area (Å²) in [5.74, 6) is -1.51. The number of carbonyl (C=O) groups excluding carboxylic acids is 2. The van der Waals surface area contributed by atoms with Gasteiger partial charge in [0.05, 0.1) is 0 Å². The second kappa shape index (κ2) is 11.7. The summed E-state index contributed by atoms with van der Waals surface area (Å²) in [4.78, 5) is 29.4. The number of aromatic nitrogens is 2. The molecule has 2 aliphatic rings. The second-order valence-electron chi connectivity index (χ2n) is 12.1. The molecule has 1 saturated carbocycles. The van der Waals surface area contributed by atoms with E-state index in [2.05, 4.69) is 15.1 Å². The molecule has 3 aromatic rings. The number of hydrogen-bond acceptors (Lipinski definition) is 6. The van der Waals surface area contributed by atoms with Crippen LogP contribution < -0.4 is 0 Å². The van der Waals surface area contributed by atoms with Gasteiger partial charge >= 0.3 is 0 Å². The minimum Gasteiger partial charge on any atom is -0.300 e. The van der Waals surface area contributed by atoms with Gasteiger partial charge in [0.25, 0.3) is 0 Å². The normalized spacial score (nSPS) is 17.9. The van der Waals surface area contributed by atoms with Gasteiger partial charge in [-0.25, -0.2) is 8.78 Å². The third-order valence-electron chi connectivity index (χ3n) is 8.35. The van der Waals surface area contributed by atoms with Crippen LogP contribution >= 0.6 is 22.9 Å². The fraction of sp³-hybridized carbons (Fsp3) is 0.484. The number of nitrogens with zero attached hydrogens (tertiary/aromatic N) is 3. The lowest BCUT2D eigenvalue weighted by atomic mass is 9.68. The van der Waals surface area contributed by atoms with Crippen LogP contribution in [0.4, 0.5) is 8.78 Å². The molecule has 1 aliphatic carbocycles. The van der Waals surface area contributed by atoms with E-state index in [1.807, 2.05) is 38.1 Å². The first-order valence-corrected chi connectivity index (χ1v) is 15.1. The van der Waals surface area contributed by atoms with E-state index in [1.54, 1.807) is 0 Å². The van der Waals surface area contributed by atoms with Crippen LogP contribution in [-0.2, 0) is 10.2 Å². The summed E-state index contributed by atoms with van der Waals surface area (Å²) >= 11 is 7.21. The number of carbonyl (C=O) groups is 2. The van der Waals surface area contributed by atoms with Crippen molar-refractivity contribution in [1.29, 1.82) is 0 Å². The first-order valence-electron chi connectivity index (χ1n) is 13.9. The van der Waals surface area contributed by atoms with E-state index in [0.29, 0.717) is 37.0 Å². The molecule has 40 heavy (non-hydrogen) atoms. The molecule has 5 rings (SSSR count). The van der Waals surface area contributed by atoms with Crippen molar-refractivity contribution in [2.24, 2.45) is 5.41 Å². The van der Waals surface area contributed by atoms with E-state index < -0.39 is 22.5 Å². The summed E-state index contributed by atoms with van der Waals surface area (Å²) < 4.78 is 27.6. The lowest BCUT2D eigenvalue weighted by Crippen LogP contribution is -2.61. The van der Waals surface area contributed by atoms with Crippen LogP contribution in [0.25, 0.3) is 10.6 Å². The van der Waals surface area contributed by atoms with Crippen molar-refractivity contribution in [2.75, 3.05) is 13.1 Å². The number of halogens is 3. The highest BCUT2D eigenvalue weighted by atomic mass is 35.5. The summed E-state index contributed by atoms with van der Waals surface area (Å²) in [7, 11) is 0. The third-order valence-corrected chi connectivity index (χ3v) is 9.58. The van der Waals surface area contributed by atoms with E-state index in [0.717, 1.165) is 41.9 Å². The van der Waals surface area contributed by atoms with E-state index >= 15 is 0 Å². The molecule has 0 radical (unpaired) electrons. The fourth-order valence-electron chi connectivity index (χ4n) is 6.31. The largest absolute Gasteiger partial charge is 0.300 e. The Kier molecular flexibility index (Phi) is 8.50. The molecule has 0 amide bonds. The summed E-state index contributed by atoms with van der Waals surface area (Å²) in [6.07, 6.45) is 6.84. The average Bonchev–Trinajstić information content (AvgIpc) is 3.37. The van der Waals surface area contributed by atoms with E-state index in [-0.39, 0.29) is 33.6 Å². The van der Waals surface area contributed by atoms with Gasteiger partial charge in [-0.15, -0.1) is 10.2 Å². The number of likely N-dealkylation sites (tertiary alicyclic amines) is 1. The van der Waals surface area contributed by atoms with Crippen molar-refractivity contribution in [3.05, 3.63) is 69.7 Å². The Balaban J connectivity index is 1.31. The van der Waals surface area contributed by atoms with Gasteiger partial charge in [0.1, 0.15) is 17.4 Å². The first-order chi connectivity index (χ1) is 19.0. The Bertz CT molecular complexity index is 1400. The van der Waals surface area contributed by atoms with E-state index in [1.165, 1.54) is 25.3 Å². The van der Waals surface area contributed by atoms with Gasteiger partial charge in [-0.2, -0.15) is 0 Å². The lowest BCUT2D eigenvalue weighted by molar-refractivity contribution is -0.127. The van der Waals surface area contributed by atoms with Crippen molar-refractivity contribution >= 4 is 34.5 Å². The minimum atomic E-state index is -0.748. The van der Waals surface area contributed by atoms with Crippen molar-refractivity contribution in [1.82, 2.24) is 15.1 Å². The Morgan fingerprint density at radius 1 is 1.05 bits per heavy atom. The van der Waals surface area contributed by atoms with Crippen molar-refractivity contribution in [3.63, 3.8) is 0 Å². The number of benzene rings is 2. The standard InChI is InChI=1S/C31H34ClF2N3O2S/c1-30(2,20-7-6-8-21(32)13-20)15-24(38)16-31(18-37(19-31)23-9-4-3-5-10-23)17-27(39)29-36-35-28(40-29)25-12-11-22(33)14-26(25)34/h6-8,11-14,23H,3-5,9-10,15-19H2,1-2H3. The predicted molar refractivity (Wildman–Crippen MR) is 154 cm³/mol. The Morgan fingerprint density at radius 2 is 1.80 bits per heavy atom. The zero-order valence-corrected chi connectivity index (χ0v) is 24.5. The van der Waals surface area contributed by atoms with E-state index in [4.69, 9.17) is 11.6 Å². The number of ketones is 2. The molecule has 0 bridgehead atoms. The number of hydrogen-bond donors (Lipinski definition) is 0. The Morgan fingerprint density at radius 3 is 2.50 bits per heavy atom. The maximum absolute atomic E-state index is 14.3. The minimum absolute atomic E-state index is 0.109. The van der Waals surface area contributed by atoms with Crippen LogP contribution in [0, 0.1) is 17.0 Å². The molecule has 1 aromatic heterocycles. The van der Waals surface area contributed by atoms with Crippen LogP contribution in [0.3, 0.4) is 0 Å². The average molecular weight is 586 g/mol. The summed E-state index contributed by atoms with van der Waals surface area (Å²) in [5.41, 5.74) is 0.250. The molecule has 212 valence electrons. The molecule has 2 aromatic carbocycles. The highest BCUT2D eigenvalue weighted by Gasteiger charge is 2.48. The molecule has 9 heteroatoms. The Labute approximate surface area is 243 Å². The summed E-state index contributed by atoms with van der Waals surface area (Å²) in [6.45, 7) is 5.48.